The third-order valence-electron chi connectivity index (χ3n) is 18.3. The van der Waals surface area contributed by atoms with Crippen LogP contribution < -0.4 is 5.32 Å². The summed E-state index contributed by atoms with van der Waals surface area (Å²) in [6, 6.07) is -0.735. The van der Waals surface area contributed by atoms with E-state index in [4.69, 9.17) is 9.47 Å². The lowest BCUT2D eigenvalue weighted by Crippen LogP contribution is -2.60. The first-order valence-electron chi connectivity index (χ1n) is 39.7. The van der Waals surface area contributed by atoms with Gasteiger partial charge in [-0.1, -0.05) is 379 Å². The summed E-state index contributed by atoms with van der Waals surface area (Å²) in [6.07, 6.45) is 101. The zero-order valence-corrected chi connectivity index (χ0v) is 60.9. The summed E-state index contributed by atoms with van der Waals surface area (Å²) in [5.74, 6) is -0.153. The van der Waals surface area contributed by atoms with E-state index in [2.05, 4.69) is 141 Å². The van der Waals surface area contributed by atoms with Crippen molar-refractivity contribution in [3.63, 3.8) is 0 Å². The number of carbonyl (C=O) groups excluding carboxylic acids is 1. The molecule has 0 aromatic carbocycles. The number of aliphatic hydroxyl groups excluding tert-OH is 5. The zero-order chi connectivity index (χ0) is 67.8. The number of allylic oxidation sites excluding steroid dienone is 20. The van der Waals surface area contributed by atoms with Crippen LogP contribution in [-0.2, 0) is 14.3 Å². The van der Waals surface area contributed by atoms with E-state index in [-0.39, 0.29) is 12.5 Å². The van der Waals surface area contributed by atoms with Gasteiger partial charge >= 0.3 is 0 Å². The van der Waals surface area contributed by atoms with Crippen LogP contribution in [0.5, 0.6) is 0 Å². The standard InChI is InChI=1S/C85H149NO8/c1-3-5-7-9-11-13-15-17-19-21-23-25-27-29-31-33-35-37-38-39-40-41-42-43-45-47-49-51-53-55-57-59-61-63-65-67-69-71-73-75-81(89)86-78(77-93-85-84(92)83(91)82(90)80(76-87)94-85)79(88)74-72-70-68-66-64-62-60-58-56-54-52-50-48-46-44-36-34-32-30-28-26-24-22-20-18-16-14-12-10-8-6-4-2/h5,7,11,13,17,19,23,25,29,31,35,37,39-40,42-43,47,49,53,55,78-80,82-85,87-88,90-92H,3-4,6,8-10,12,14-16,18,20-22,24,26-28,30,32-34,36,38,41,44-46,48,50-52,54,56-77H2,1-2H3,(H,86,89)/b7-5-,13-11-,19-17-,25-23-,31-29-,37-35-,40-39-,43-42-,49-47-,55-53-. The van der Waals surface area contributed by atoms with Gasteiger partial charge in [0.1, 0.15) is 24.4 Å². The fraction of sp³-hybridized carbons (Fsp3) is 0.753. The molecule has 0 aromatic heterocycles. The minimum Gasteiger partial charge on any atom is -0.394 e. The Hall–Kier alpha value is -3.41. The number of hydrogen-bond acceptors (Lipinski definition) is 8. The lowest BCUT2D eigenvalue weighted by Gasteiger charge is -2.40. The van der Waals surface area contributed by atoms with Crippen LogP contribution in [-0.4, -0.2) is 87.5 Å². The van der Waals surface area contributed by atoms with Crippen LogP contribution in [0.3, 0.4) is 0 Å². The van der Waals surface area contributed by atoms with Gasteiger partial charge in [-0.3, -0.25) is 4.79 Å². The number of rotatable bonds is 69. The molecule has 0 saturated carbocycles. The van der Waals surface area contributed by atoms with E-state index >= 15 is 0 Å². The molecule has 7 unspecified atom stereocenters. The van der Waals surface area contributed by atoms with Gasteiger partial charge in [0.2, 0.25) is 5.91 Å². The molecule has 0 radical (unpaired) electrons. The van der Waals surface area contributed by atoms with Gasteiger partial charge in [-0.2, -0.15) is 0 Å². The number of ether oxygens (including phenoxy) is 2. The van der Waals surface area contributed by atoms with Gasteiger partial charge in [-0.25, -0.2) is 0 Å². The van der Waals surface area contributed by atoms with E-state index in [9.17, 15) is 30.3 Å². The highest BCUT2D eigenvalue weighted by atomic mass is 16.7. The first-order chi connectivity index (χ1) is 46.3. The summed E-state index contributed by atoms with van der Waals surface area (Å²) in [5.41, 5.74) is 0. The monoisotopic (exact) mass is 1310 g/mol. The first kappa shape index (κ1) is 88.6. The van der Waals surface area contributed by atoms with Gasteiger partial charge in [0.15, 0.2) is 6.29 Å². The van der Waals surface area contributed by atoms with Crippen molar-refractivity contribution < 1.29 is 39.8 Å². The highest BCUT2D eigenvalue weighted by Gasteiger charge is 2.44. The van der Waals surface area contributed by atoms with Gasteiger partial charge in [-0.05, 0) is 89.9 Å². The van der Waals surface area contributed by atoms with Crippen LogP contribution in [0.4, 0.5) is 0 Å². The van der Waals surface area contributed by atoms with Crippen LogP contribution in [0.15, 0.2) is 122 Å². The van der Waals surface area contributed by atoms with Crippen molar-refractivity contribution in [2.24, 2.45) is 0 Å². The third-order valence-corrected chi connectivity index (χ3v) is 18.3. The molecule has 1 aliphatic rings. The third kappa shape index (κ3) is 59.8. The van der Waals surface area contributed by atoms with Crippen molar-refractivity contribution in [3.05, 3.63) is 122 Å². The minimum absolute atomic E-state index is 0.146. The normalized spacial score (nSPS) is 18.2. The average Bonchev–Trinajstić information content (AvgIpc) is 0.829. The van der Waals surface area contributed by atoms with E-state index in [0.29, 0.717) is 12.8 Å². The predicted octanol–water partition coefficient (Wildman–Crippen LogP) is 22.9. The highest BCUT2D eigenvalue weighted by Crippen LogP contribution is 2.24. The fourth-order valence-corrected chi connectivity index (χ4v) is 12.2. The largest absolute Gasteiger partial charge is 0.394 e. The second kappa shape index (κ2) is 72.3. The second-order valence-electron chi connectivity index (χ2n) is 27.1. The highest BCUT2D eigenvalue weighted by molar-refractivity contribution is 5.76. The molecule has 1 fully saturated rings. The molecule has 6 N–H and O–H groups in total. The van der Waals surface area contributed by atoms with Crippen molar-refractivity contribution in [2.75, 3.05) is 13.2 Å². The molecule has 94 heavy (non-hydrogen) atoms. The van der Waals surface area contributed by atoms with Gasteiger partial charge < -0.3 is 40.3 Å². The molecule has 542 valence electrons. The zero-order valence-electron chi connectivity index (χ0n) is 60.9. The Morgan fingerprint density at radius 2 is 0.660 bits per heavy atom. The first-order valence-corrected chi connectivity index (χ1v) is 39.7. The molecule has 0 spiro atoms. The molecule has 0 bridgehead atoms. The van der Waals surface area contributed by atoms with E-state index in [1.165, 1.54) is 212 Å². The molecule has 0 aromatic rings. The number of amides is 1. The van der Waals surface area contributed by atoms with Crippen LogP contribution in [0.25, 0.3) is 0 Å². The Labute approximate surface area is 579 Å². The van der Waals surface area contributed by atoms with Crippen LogP contribution >= 0.6 is 0 Å². The van der Waals surface area contributed by atoms with Crippen LogP contribution in [0.1, 0.15) is 354 Å². The average molecular weight is 1310 g/mol. The van der Waals surface area contributed by atoms with Crippen LogP contribution in [0.2, 0.25) is 0 Å². The molecule has 1 saturated heterocycles. The Morgan fingerprint density at radius 1 is 0.372 bits per heavy atom. The van der Waals surface area contributed by atoms with Crippen molar-refractivity contribution in [1.82, 2.24) is 5.32 Å². The van der Waals surface area contributed by atoms with Gasteiger partial charge in [0.25, 0.3) is 0 Å². The molecule has 0 aliphatic carbocycles. The quantitative estimate of drug-likeness (QED) is 0.0261. The molecule has 9 nitrogen and oxygen atoms in total. The maximum Gasteiger partial charge on any atom is 0.220 e. The second-order valence-corrected chi connectivity index (χ2v) is 27.1. The van der Waals surface area contributed by atoms with E-state index in [0.717, 1.165) is 116 Å². The van der Waals surface area contributed by atoms with E-state index in [1.807, 2.05) is 0 Å². The molecule has 7 atom stereocenters. The van der Waals surface area contributed by atoms with Crippen molar-refractivity contribution >= 4 is 5.91 Å². The van der Waals surface area contributed by atoms with E-state index in [1.54, 1.807) is 0 Å². The van der Waals surface area contributed by atoms with Crippen molar-refractivity contribution in [3.8, 4) is 0 Å². The van der Waals surface area contributed by atoms with Gasteiger partial charge in [0.05, 0.1) is 25.4 Å². The Bertz CT molecular complexity index is 1910. The topological polar surface area (TPSA) is 149 Å². The van der Waals surface area contributed by atoms with Gasteiger partial charge in [-0.15, -0.1) is 0 Å². The minimum atomic E-state index is -1.56. The molecular formula is C85H149NO8. The molecule has 9 heteroatoms. The number of aliphatic hydroxyl groups is 5. The molecule has 1 heterocycles. The lowest BCUT2D eigenvalue weighted by molar-refractivity contribution is -0.302. The Balaban J connectivity index is 2.11. The Kier molecular flexibility index (Phi) is 68.2. The summed E-state index contributed by atoms with van der Waals surface area (Å²) in [7, 11) is 0. The number of hydrogen-bond donors (Lipinski definition) is 6. The SMILES string of the molecule is CC/C=C\C/C=C\C/C=C\C/C=C\C/C=C\C/C=C\C/C=C\C/C=C\C/C=C\C/C=C\CCCCCCCCCCC(=O)NC(COC1OC(CO)C(O)C(O)C1O)C(O)CCCCCCCCCCCCCCCCCCCCCCCCCCCCCCCCCC. The maximum atomic E-state index is 13.2. The summed E-state index contributed by atoms with van der Waals surface area (Å²) in [5, 5.41) is 55.1. The lowest BCUT2D eigenvalue weighted by atomic mass is 9.99. The predicted molar refractivity (Wildman–Crippen MR) is 405 cm³/mol. The summed E-state index contributed by atoms with van der Waals surface area (Å²) in [6.45, 7) is 3.76. The van der Waals surface area contributed by atoms with Crippen LogP contribution in [0, 0.1) is 0 Å². The van der Waals surface area contributed by atoms with Crippen molar-refractivity contribution in [1.29, 1.82) is 0 Å². The van der Waals surface area contributed by atoms with E-state index < -0.39 is 49.5 Å². The maximum absolute atomic E-state index is 13.2. The molecular weight excluding hydrogens is 1160 g/mol. The van der Waals surface area contributed by atoms with Crippen molar-refractivity contribution in [2.45, 2.75) is 397 Å². The molecule has 1 amide bonds. The number of carbonyl (C=O) groups is 1. The molecule has 1 aliphatic heterocycles. The van der Waals surface area contributed by atoms with Gasteiger partial charge in [0, 0.05) is 6.42 Å². The molecule has 1 rings (SSSR count). The fourth-order valence-electron chi connectivity index (χ4n) is 12.2. The summed E-state index contributed by atoms with van der Waals surface area (Å²) in [4.78, 5) is 13.2. The summed E-state index contributed by atoms with van der Waals surface area (Å²) < 4.78 is 11.4. The Morgan fingerprint density at radius 3 is 0.979 bits per heavy atom. The number of unbranched alkanes of at least 4 members (excludes halogenated alkanes) is 39. The smallest absolute Gasteiger partial charge is 0.220 e. The summed E-state index contributed by atoms with van der Waals surface area (Å²) >= 11 is 0. The number of nitrogens with one attached hydrogen (secondary N) is 1.